The van der Waals surface area contributed by atoms with Crippen molar-refractivity contribution < 1.29 is 33.7 Å². The van der Waals surface area contributed by atoms with Gasteiger partial charge in [0, 0.05) is 29.6 Å². The number of aromatic nitrogens is 2. The van der Waals surface area contributed by atoms with Gasteiger partial charge in [-0.1, -0.05) is 6.42 Å². The number of carbonyl (C=O) groups is 2. The van der Waals surface area contributed by atoms with Crippen molar-refractivity contribution >= 4 is 28.8 Å². The highest BCUT2D eigenvalue weighted by Crippen LogP contribution is 2.43. The average molecular weight is 538 g/mol. The number of benzene rings is 2. The molecule has 4 atom stereocenters. The Bertz CT molecular complexity index is 1470. The van der Waals surface area contributed by atoms with Gasteiger partial charge in [0.1, 0.15) is 11.9 Å². The molecule has 3 aromatic rings. The molecule has 1 aliphatic carbocycles. The van der Waals surface area contributed by atoms with Gasteiger partial charge in [-0.3, -0.25) is 9.69 Å². The summed E-state index contributed by atoms with van der Waals surface area (Å²) >= 11 is 0. The maximum atomic E-state index is 14.9. The van der Waals surface area contributed by atoms with Crippen LogP contribution in [0.15, 0.2) is 24.3 Å². The van der Waals surface area contributed by atoms with Gasteiger partial charge >= 0.3 is 12.1 Å². The van der Waals surface area contributed by atoms with Gasteiger partial charge in [0.2, 0.25) is 0 Å². The van der Waals surface area contributed by atoms with Crippen LogP contribution in [0.5, 0.6) is 5.75 Å². The first-order chi connectivity index (χ1) is 18.8. The molecule has 1 saturated carbocycles. The van der Waals surface area contributed by atoms with Gasteiger partial charge in [-0.15, -0.1) is 0 Å². The number of hydrogen-bond acceptors (Lipinski definition) is 6. The van der Waals surface area contributed by atoms with Gasteiger partial charge in [0.25, 0.3) is 0 Å². The second-order valence-electron chi connectivity index (χ2n) is 10.8. The summed E-state index contributed by atoms with van der Waals surface area (Å²) in [5, 5.41) is 21.4. The maximum absolute atomic E-state index is 14.9. The highest BCUT2D eigenvalue weighted by atomic mass is 19.1. The number of ether oxygens (including phenoxy) is 2. The number of hydrogen-bond donors (Lipinski definition) is 2. The lowest BCUT2D eigenvalue weighted by atomic mass is 9.85. The van der Waals surface area contributed by atoms with Crippen molar-refractivity contribution in [2.75, 3.05) is 18.6 Å². The summed E-state index contributed by atoms with van der Waals surface area (Å²) < 4.78 is 27.3. The third kappa shape index (κ3) is 4.21. The molecule has 0 bridgehead atoms. The Morgan fingerprint density at radius 3 is 2.79 bits per heavy atom. The number of carboxylic acid groups (broad SMARTS) is 1. The summed E-state index contributed by atoms with van der Waals surface area (Å²) in [5.41, 5.74) is 4.09. The van der Waals surface area contributed by atoms with Crippen LogP contribution in [-0.2, 0) is 22.4 Å². The van der Waals surface area contributed by atoms with Crippen molar-refractivity contribution in [3.8, 4) is 5.75 Å². The van der Waals surface area contributed by atoms with E-state index in [2.05, 4.69) is 0 Å². The SMILES string of the molecule is COC(=O)N1c2ccc3c(nc([C@H](O)c4cc(F)c5c(c4)CCO5)n3[C@@H]3CCC[C@@H](C(=O)O)C3)c2CC[C@@H]1C. The quantitative estimate of drug-likeness (QED) is 0.486. The molecule has 6 rings (SSSR count). The van der Waals surface area contributed by atoms with Crippen molar-refractivity contribution in [3.63, 3.8) is 0 Å². The zero-order valence-corrected chi connectivity index (χ0v) is 22.0. The number of aliphatic hydroxyl groups excluding tert-OH is 1. The lowest BCUT2D eigenvalue weighted by Crippen LogP contribution is -2.42. The molecule has 10 heteroatoms. The van der Waals surface area contributed by atoms with Crippen LogP contribution >= 0.6 is 0 Å². The number of carboxylic acids is 1. The van der Waals surface area contributed by atoms with Gasteiger partial charge in [0.15, 0.2) is 11.6 Å². The number of imidazole rings is 1. The largest absolute Gasteiger partial charge is 0.490 e. The van der Waals surface area contributed by atoms with E-state index in [1.165, 1.54) is 13.2 Å². The van der Waals surface area contributed by atoms with Gasteiger partial charge in [0.05, 0.1) is 36.4 Å². The van der Waals surface area contributed by atoms with Crippen LogP contribution in [0.4, 0.5) is 14.9 Å². The number of nitrogens with zero attached hydrogens (tertiary/aromatic N) is 3. The second kappa shape index (κ2) is 9.82. The minimum atomic E-state index is -1.24. The standard InChI is InChI=1S/C29H32FN3O6/c1-15-6-7-20-22(32(15)29(37)38-2)8-9-23-24(20)31-27(33(23)19-5-3-4-17(13-19)28(35)36)25(34)18-12-16-10-11-39-26(16)21(30)14-18/h8-9,12,14-15,17,19,25,34H,3-7,10-11,13H2,1-2H3,(H,35,36)/t15-,17+,19+,25+/m0/s1. The van der Waals surface area contributed by atoms with Crippen LogP contribution < -0.4 is 9.64 Å². The summed E-state index contributed by atoms with van der Waals surface area (Å²) in [6.07, 6.45) is 2.76. The fourth-order valence-electron chi connectivity index (χ4n) is 6.58. The minimum absolute atomic E-state index is 0.0548. The molecule has 1 amide bonds. The molecule has 1 fully saturated rings. The monoisotopic (exact) mass is 537 g/mol. The summed E-state index contributed by atoms with van der Waals surface area (Å²) in [5.74, 6) is -1.27. The summed E-state index contributed by atoms with van der Waals surface area (Å²) in [6.45, 7) is 2.36. The third-order valence-electron chi connectivity index (χ3n) is 8.54. The first-order valence-electron chi connectivity index (χ1n) is 13.5. The molecule has 0 radical (unpaired) electrons. The Labute approximate surface area is 225 Å². The summed E-state index contributed by atoms with van der Waals surface area (Å²) in [7, 11) is 1.35. The zero-order chi connectivity index (χ0) is 27.4. The van der Waals surface area contributed by atoms with Gasteiger partial charge in [-0.05, 0) is 68.9 Å². The lowest BCUT2D eigenvalue weighted by Gasteiger charge is -2.34. The fourth-order valence-corrected chi connectivity index (χ4v) is 6.58. The summed E-state index contributed by atoms with van der Waals surface area (Å²) in [6, 6.07) is 6.55. The number of aryl methyl sites for hydroxylation is 1. The Morgan fingerprint density at radius 2 is 2.03 bits per heavy atom. The lowest BCUT2D eigenvalue weighted by molar-refractivity contribution is -0.143. The number of aliphatic carboxylic acids is 1. The van der Waals surface area contributed by atoms with Crippen molar-refractivity contribution in [2.45, 2.75) is 70.1 Å². The van der Waals surface area contributed by atoms with Crippen LogP contribution in [0.3, 0.4) is 0 Å². The van der Waals surface area contributed by atoms with Crippen molar-refractivity contribution in [1.29, 1.82) is 0 Å². The molecule has 0 spiro atoms. The molecule has 2 aliphatic heterocycles. The highest BCUT2D eigenvalue weighted by Gasteiger charge is 2.36. The first kappa shape index (κ1) is 25.6. The number of carbonyl (C=O) groups excluding carboxylic acids is 1. The molecule has 0 unspecified atom stereocenters. The van der Waals surface area contributed by atoms with E-state index >= 15 is 0 Å². The topological polar surface area (TPSA) is 114 Å². The first-order valence-corrected chi connectivity index (χ1v) is 13.5. The number of amides is 1. The highest BCUT2D eigenvalue weighted by molar-refractivity contribution is 5.95. The molecule has 1 aromatic heterocycles. The van der Waals surface area contributed by atoms with Gasteiger partial charge < -0.3 is 24.3 Å². The second-order valence-corrected chi connectivity index (χ2v) is 10.8. The molecule has 9 nitrogen and oxygen atoms in total. The molecule has 3 aliphatic rings. The maximum Gasteiger partial charge on any atom is 0.414 e. The number of anilines is 1. The van der Waals surface area contributed by atoms with Crippen LogP contribution in [0.1, 0.15) is 73.7 Å². The Morgan fingerprint density at radius 1 is 1.21 bits per heavy atom. The number of rotatable bonds is 4. The Balaban J connectivity index is 1.53. The van der Waals surface area contributed by atoms with Crippen molar-refractivity contribution in [3.05, 3.63) is 52.6 Å². The molecule has 206 valence electrons. The number of methoxy groups -OCH3 is 1. The van der Waals surface area contributed by atoms with Gasteiger partial charge in [-0.2, -0.15) is 0 Å². The predicted molar refractivity (Wildman–Crippen MR) is 141 cm³/mol. The van der Waals surface area contributed by atoms with E-state index in [0.717, 1.165) is 23.9 Å². The van der Waals surface area contributed by atoms with E-state index in [1.54, 1.807) is 11.0 Å². The molecule has 0 saturated heterocycles. The van der Waals surface area contributed by atoms with E-state index in [4.69, 9.17) is 14.5 Å². The zero-order valence-electron chi connectivity index (χ0n) is 22.0. The molecule has 2 N–H and O–H groups in total. The third-order valence-corrected chi connectivity index (χ3v) is 8.54. The van der Waals surface area contributed by atoms with E-state index in [9.17, 15) is 24.2 Å². The number of fused-ring (bicyclic) bond motifs is 4. The summed E-state index contributed by atoms with van der Waals surface area (Å²) in [4.78, 5) is 31.1. The molecule has 2 aromatic carbocycles. The van der Waals surface area contributed by atoms with Crippen molar-refractivity contribution in [1.82, 2.24) is 9.55 Å². The Hall–Kier alpha value is -3.66. The van der Waals surface area contributed by atoms with Gasteiger partial charge in [-0.25, -0.2) is 14.2 Å². The van der Waals surface area contributed by atoms with Crippen LogP contribution in [0.2, 0.25) is 0 Å². The van der Waals surface area contributed by atoms with E-state index in [0.29, 0.717) is 66.9 Å². The van der Waals surface area contributed by atoms with Crippen LogP contribution in [0, 0.1) is 11.7 Å². The minimum Gasteiger partial charge on any atom is -0.490 e. The smallest absolute Gasteiger partial charge is 0.414 e. The molecular formula is C29H32FN3O6. The average Bonchev–Trinajstić information content (AvgIpc) is 3.57. The van der Waals surface area contributed by atoms with Crippen LogP contribution in [-0.4, -0.2) is 51.6 Å². The number of halogens is 1. The molecule has 3 heterocycles. The fraction of sp³-hybridized carbons (Fsp3) is 0.483. The van der Waals surface area contributed by atoms with E-state index < -0.39 is 29.9 Å². The van der Waals surface area contributed by atoms with Crippen molar-refractivity contribution in [2.24, 2.45) is 5.92 Å². The molecule has 39 heavy (non-hydrogen) atoms. The Kier molecular flexibility index (Phi) is 6.45. The molecular weight excluding hydrogens is 505 g/mol. The normalized spacial score (nSPS) is 23.2. The predicted octanol–water partition coefficient (Wildman–Crippen LogP) is 4.92. The van der Waals surface area contributed by atoms with Crippen LogP contribution in [0.25, 0.3) is 11.0 Å². The number of aliphatic hydroxyl groups is 1. The van der Waals surface area contributed by atoms with E-state index in [1.807, 2.05) is 23.6 Å². The van der Waals surface area contributed by atoms with E-state index in [-0.39, 0.29) is 17.8 Å².